The number of pyridine rings is 9. The van der Waals surface area contributed by atoms with E-state index in [1.54, 1.807) is 37.2 Å². The Hall–Kier alpha value is -17.1. The molecule has 690 valence electrons. The molecule has 0 aliphatic carbocycles. The smallest absolute Gasteiger partial charge is 0.367 e. The second kappa shape index (κ2) is 39.5. The summed E-state index contributed by atoms with van der Waals surface area (Å²) in [7, 11) is 6.17. The maximum Gasteiger partial charge on any atom is 2.00 e. The molecular weight excluding hydrogens is 2310 g/mol. The van der Waals surface area contributed by atoms with Crippen LogP contribution in [0, 0.1) is 36.4 Å². The first kappa shape index (κ1) is 91.9. The molecule has 12 aromatic carbocycles. The molecule has 27 rings (SSSR count). The van der Waals surface area contributed by atoms with Crippen molar-refractivity contribution < 1.29 is 63.2 Å². The summed E-state index contributed by atoms with van der Waals surface area (Å²) in [6.45, 7) is 0. The first-order chi connectivity index (χ1) is 69.7. The molecule has 0 radical (unpaired) electrons. The van der Waals surface area contributed by atoms with Gasteiger partial charge in [-0.25, -0.2) is 0 Å². The zero-order valence-corrected chi connectivity index (χ0v) is 84.2. The predicted molar refractivity (Wildman–Crippen MR) is 564 cm³/mol. The van der Waals surface area contributed by atoms with Gasteiger partial charge in [0, 0.05) is 142 Å². The zero-order chi connectivity index (χ0) is 94.0. The van der Waals surface area contributed by atoms with Gasteiger partial charge in [-0.1, -0.05) is 179 Å². The van der Waals surface area contributed by atoms with Crippen LogP contribution in [0.1, 0.15) is 0 Å². The van der Waals surface area contributed by atoms with Crippen molar-refractivity contribution in [2.24, 2.45) is 21.1 Å². The van der Waals surface area contributed by atoms with Crippen molar-refractivity contribution in [3.05, 3.63) is 457 Å². The number of imidazole rings is 3. The number of fused-ring (bicyclic) bond motifs is 12. The summed E-state index contributed by atoms with van der Waals surface area (Å²) >= 11 is 0. The second-order valence-electron chi connectivity index (χ2n) is 34.6. The summed E-state index contributed by atoms with van der Waals surface area (Å²) < 4.78 is 13.2. The van der Waals surface area contributed by atoms with Crippen LogP contribution in [-0.2, 0) is 84.3 Å². The standard InChI is InChI=1S/3C41H26N6.3Pt/c1-46-38-13-5-3-11-36(38)45-41(46)28-15-18-34-33-10-2-4-12-37(33)47(40(34)23-28)39-22-27(14-17-32(39)31-9-7-21-43-25-31)35-19-16-30(26-44-35)29-8-6-20-42-24-29;1-46-39-12-3-2-11-37(39)45-41(46)29-13-16-34-35-22-27(30-8-5-19-42-24-30)15-18-38(35)47(40(34)23-29)33-10-4-7-28(21-33)36-17-14-32(26-44-36)31-9-6-20-43-25-31;1-46-38-12-3-2-11-36(38)45-41(46)29-14-17-33-34-22-27(30-8-6-19-42-25-30)15-18-37(34)47(40(33)24-29)39-23-28(35-10-4-5-21-44-35)13-16-32(39)31-9-7-20-43-26-31;;;/h2-21,24-26H,1H3;2-20,22,24-26H,1H3;2-22,25-26H,1H3;;;/q3*-2;3*+2. The van der Waals surface area contributed by atoms with Crippen LogP contribution in [0.4, 0.5) is 0 Å². The normalized spacial score (nSPS) is 11.3. The molecule has 0 bridgehead atoms. The summed E-state index contributed by atoms with van der Waals surface area (Å²) in [6.07, 6.45) is 27.7. The van der Waals surface area contributed by atoms with E-state index in [-0.39, 0.29) is 63.2 Å². The number of nitrogens with zero attached hydrogens (tertiary/aromatic N) is 18. The largest absolute Gasteiger partial charge is 2.00 e. The van der Waals surface area contributed by atoms with Crippen molar-refractivity contribution in [1.29, 1.82) is 0 Å². The van der Waals surface area contributed by atoms with Crippen LogP contribution in [-0.4, -0.2) is 87.2 Å². The minimum absolute atomic E-state index is 0. The van der Waals surface area contributed by atoms with E-state index in [1.807, 2.05) is 189 Å². The van der Waals surface area contributed by atoms with Crippen LogP contribution in [0.5, 0.6) is 0 Å². The molecule has 0 atom stereocenters. The van der Waals surface area contributed by atoms with Crippen LogP contribution in [0.15, 0.2) is 421 Å². The van der Waals surface area contributed by atoms with Crippen molar-refractivity contribution >= 4 is 98.5 Å². The second-order valence-corrected chi connectivity index (χ2v) is 34.6. The summed E-state index contributed by atoms with van der Waals surface area (Å²) in [4.78, 5) is 55.4. The van der Waals surface area contributed by atoms with Gasteiger partial charge in [-0.15, -0.1) is 149 Å². The van der Waals surface area contributed by atoms with Crippen LogP contribution >= 0.6 is 0 Å². The van der Waals surface area contributed by atoms with Gasteiger partial charge >= 0.3 is 63.2 Å². The van der Waals surface area contributed by atoms with Crippen molar-refractivity contribution in [3.8, 4) is 152 Å². The molecule has 0 amide bonds. The van der Waals surface area contributed by atoms with Gasteiger partial charge in [-0.2, -0.15) is 0 Å². The summed E-state index contributed by atoms with van der Waals surface area (Å²) in [5.74, 6) is 2.60. The summed E-state index contributed by atoms with van der Waals surface area (Å²) in [5, 5.41) is 6.69. The Morgan fingerprint density at radius 2 is 0.549 bits per heavy atom. The Kier molecular flexibility index (Phi) is 25.2. The Morgan fingerprint density at radius 1 is 0.208 bits per heavy atom. The molecule has 18 nitrogen and oxygen atoms in total. The average molecular weight is 2390 g/mol. The van der Waals surface area contributed by atoms with Crippen molar-refractivity contribution in [2.75, 3.05) is 0 Å². The van der Waals surface area contributed by atoms with Crippen molar-refractivity contribution in [3.63, 3.8) is 0 Å². The Balaban J connectivity index is 0.000000122. The van der Waals surface area contributed by atoms with Gasteiger partial charge in [0.1, 0.15) is 0 Å². The number of aryl methyl sites for hydroxylation is 3. The van der Waals surface area contributed by atoms with E-state index in [0.29, 0.717) is 0 Å². The zero-order valence-electron chi connectivity index (χ0n) is 77.3. The topological polar surface area (TPSA) is 184 Å². The molecule has 144 heavy (non-hydrogen) atoms. The number of hydrogen-bond acceptors (Lipinski definition) is 12. The third-order valence-electron chi connectivity index (χ3n) is 26.3. The first-order valence-corrected chi connectivity index (χ1v) is 46.3. The predicted octanol–water partition coefficient (Wildman–Crippen LogP) is 27.4. The molecule has 0 unspecified atom stereocenters. The van der Waals surface area contributed by atoms with Gasteiger partial charge in [0.15, 0.2) is 0 Å². The van der Waals surface area contributed by atoms with Gasteiger partial charge in [-0.05, 0) is 208 Å². The number of benzene rings is 12. The van der Waals surface area contributed by atoms with Crippen LogP contribution in [0.25, 0.3) is 250 Å². The summed E-state index contributed by atoms with van der Waals surface area (Å²) in [6, 6.07) is 135. The summed E-state index contributed by atoms with van der Waals surface area (Å²) in [5.41, 5.74) is 35.3. The number of hydrogen-bond donors (Lipinski definition) is 0. The molecule has 0 saturated carbocycles. The molecule has 0 fully saturated rings. The molecule has 0 aliphatic rings. The van der Waals surface area contributed by atoms with E-state index in [4.69, 9.17) is 24.9 Å². The molecule has 0 aliphatic heterocycles. The SMILES string of the molecule is Cn1c(-c2[c-]c3c(cc2)c2cc(-c4cccnc4)ccc2n3-c2[c-]c(-c3ccc(-c4cccnc4)cn3)ccc2)nc2ccccc21.Cn1c(-c2[c-]c3c(cc2)c2cc(-c4cccnc4)ccc2n3-c2[c-]c(-c3ccccn3)ccc2-c2cccnc2)nc2ccccc21.Cn1c(-c2[c-]c3c(cc2)c2ccccc2n3-c2[c-]c(-c3ccc(-c4cccnc4)cn3)ccc2-c2cccnc2)nc2ccccc21.[Pt+2].[Pt+2].[Pt+2]. The monoisotopic (exact) mass is 2390 g/mol. The minimum Gasteiger partial charge on any atom is -0.367 e. The van der Waals surface area contributed by atoms with E-state index >= 15 is 0 Å². The van der Waals surface area contributed by atoms with Crippen LogP contribution < -0.4 is 0 Å². The maximum atomic E-state index is 5.01. The number of aromatic nitrogens is 18. The Labute approximate surface area is 871 Å². The fourth-order valence-electron chi connectivity index (χ4n) is 19.4. The van der Waals surface area contributed by atoms with Gasteiger partial charge in [-0.3, -0.25) is 44.9 Å². The first-order valence-electron chi connectivity index (χ1n) is 46.3. The van der Waals surface area contributed by atoms with Gasteiger partial charge < -0.3 is 42.4 Å². The van der Waals surface area contributed by atoms with Crippen LogP contribution in [0.2, 0.25) is 0 Å². The molecule has 0 spiro atoms. The Morgan fingerprint density at radius 3 is 0.944 bits per heavy atom. The average Bonchev–Trinajstić information content (AvgIpc) is 1.58. The third-order valence-corrected chi connectivity index (χ3v) is 26.3. The van der Waals surface area contributed by atoms with Gasteiger partial charge in [0.2, 0.25) is 0 Å². The van der Waals surface area contributed by atoms with Crippen LogP contribution in [0.3, 0.4) is 0 Å². The van der Waals surface area contributed by atoms with Gasteiger partial charge in [0.25, 0.3) is 0 Å². The van der Waals surface area contributed by atoms with E-state index in [9.17, 15) is 0 Å². The molecule has 15 heterocycles. The maximum absolute atomic E-state index is 5.01. The third kappa shape index (κ3) is 17.0. The fraction of sp³-hybridized carbons (Fsp3) is 0.0244. The fourth-order valence-corrected chi connectivity index (χ4v) is 19.4. The minimum atomic E-state index is 0. The molecule has 27 aromatic rings. The molecule has 21 heteroatoms. The molecule has 0 saturated heterocycles. The Bertz CT molecular complexity index is 9450. The van der Waals surface area contributed by atoms with E-state index in [1.165, 1.54) is 0 Å². The van der Waals surface area contributed by atoms with E-state index in [2.05, 4.69) is 314 Å². The molecule has 0 N–H and O–H groups in total. The number of para-hydroxylation sites is 7. The van der Waals surface area contributed by atoms with Gasteiger partial charge in [0.05, 0.1) is 50.6 Å². The van der Waals surface area contributed by atoms with Crippen molar-refractivity contribution in [1.82, 2.24) is 87.2 Å². The quantitative estimate of drug-likeness (QED) is 0.0886. The molecular formula is C123H78N18Pt3. The van der Waals surface area contributed by atoms with Crippen molar-refractivity contribution in [2.45, 2.75) is 0 Å². The van der Waals surface area contributed by atoms with E-state index in [0.717, 1.165) is 250 Å². The molecule has 15 aromatic heterocycles. The number of rotatable bonds is 15. The van der Waals surface area contributed by atoms with E-state index < -0.39 is 0 Å².